The van der Waals surface area contributed by atoms with Gasteiger partial charge in [0.1, 0.15) is 0 Å². The Kier molecular flexibility index (Phi) is 5.83. The summed E-state index contributed by atoms with van der Waals surface area (Å²) in [5, 5.41) is 10.9. The van der Waals surface area contributed by atoms with E-state index in [-0.39, 0.29) is 6.42 Å². The van der Waals surface area contributed by atoms with E-state index in [1.165, 1.54) is 20.3 Å². The lowest BCUT2D eigenvalue weighted by atomic mass is 9.66. The minimum absolute atomic E-state index is 0.00196. The predicted octanol–water partition coefficient (Wildman–Crippen LogP) is 3.13. The van der Waals surface area contributed by atoms with Crippen molar-refractivity contribution in [2.24, 2.45) is 11.3 Å². The summed E-state index contributed by atoms with van der Waals surface area (Å²) < 4.78 is 9.78. The lowest BCUT2D eigenvalue weighted by molar-refractivity contribution is -0.167. The fraction of sp³-hybridized carbons (Fsp3) is 0.333. The Morgan fingerprint density at radius 3 is 2.19 bits per heavy atom. The minimum atomic E-state index is -1.65. The Morgan fingerprint density at radius 1 is 1.19 bits per heavy atom. The van der Waals surface area contributed by atoms with Gasteiger partial charge in [0, 0.05) is 5.92 Å². The molecule has 138 valence electrons. The van der Waals surface area contributed by atoms with E-state index in [1.54, 1.807) is 19.1 Å². The normalized spacial score (nSPS) is 19.9. The maximum atomic E-state index is 12.6. The zero-order valence-electron chi connectivity index (χ0n) is 15.3. The number of rotatable bonds is 5. The molecule has 26 heavy (non-hydrogen) atoms. The highest BCUT2D eigenvalue weighted by Gasteiger charge is 2.52. The van der Waals surface area contributed by atoms with Crippen molar-refractivity contribution < 1.29 is 24.2 Å². The molecule has 1 N–H and O–H groups in total. The lowest BCUT2D eigenvalue weighted by Gasteiger charge is -2.38. The molecule has 1 aromatic rings. The number of aliphatic hydroxyl groups excluding tert-OH is 1. The first-order valence-electron chi connectivity index (χ1n) is 8.26. The highest BCUT2D eigenvalue weighted by Crippen LogP contribution is 2.48. The third kappa shape index (κ3) is 3.35. The summed E-state index contributed by atoms with van der Waals surface area (Å²) in [6, 6.07) is 9.04. The number of benzene rings is 1. The maximum Gasteiger partial charge on any atom is 0.327 e. The highest BCUT2D eigenvalue weighted by molar-refractivity contribution is 6.03. The number of allylic oxidation sites excluding steroid dienone is 2. The summed E-state index contributed by atoms with van der Waals surface area (Å²) in [6.45, 7) is 9.76. The van der Waals surface area contributed by atoms with Gasteiger partial charge in [-0.05, 0) is 36.1 Å². The summed E-state index contributed by atoms with van der Waals surface area (Å²) in [6.07, 6.45) is 0.558. The number of hydrogen-bond donors (Lipinski definition) is 1. The Labute approximate surface area is 153 Å². The minimum Gasteiger partial charge on any atom is -0.468 e. The standard InChI is InChI=1S/C21H24O5/c1-13(2)16-11-21(19(23)25-4,20(24)26-5)12-17(14(16)3)18(22)15-9-7-6-8-10-15/h6-11,17-18,22H,1,3,12H2,2,4-5H3/t17-,18+/m0/s1. The second kappa shape index (κ2) is 7.70. The van der Waals surface area contributed by atoms with Crippen LogP contribution in [0.25, 0.3) is 0 Å². The molecule has 0 aromatic heterocycles. The van der Waals surface area contributed by atoms with Gasteiger partial charge in [-0.3, -0.25) is 9.59 Å². The number of ether oxygens (including phenoxy) is 2. The van der Waals surface area contributed by atoms with E-state index in [0.29, 0.717) is 22.3 Å². The topological polar surface area (TPSA) is 72.8 Å². The molecule has 0 fully saturated rings. The van der Waals surface area contributed by atoms with Gasteiger partial charge < -0.3 is 14.6 Å². The van der Waals surface area contributed by atoms with E-state index in [1.807, 2.05) is 18.2 Å². The molecule has 5 heteroatoms. The summed E-state index contributed by atoms with van der Waals surface area (Å²) in [5.74, 6) is -2.05. The van der Waals surface area contributed by atoms with Crippen LogP contribution in [0.5, 0.6) is 0 Å². The fourth-order valence-electron chi connectivity index (χ4n) is 3.38. The van der Waals surface area contributed by atoms with E-state index >= 15 is 0 Å². The van der Waals surface area contributed by atoms with E-state index in [2.05, 4.69) is 13.2 Å². The van der Waals surface area contributed by atoms with E-state index < -0.39 is 29.4 Å². The molecule has 0 heterocycles. The van der Waals surface area contributed by atoms with Crippen molar-refractivity contribution in [3.63, 3.8) is 0 Å². The molecule has 1 aliphatic rings. The number of aliphatic hydroxyl groups is 1. The number of carbonyl (C=O) groups excluding carboxylic acids is 2. The number of carbonyl (C=O) groups is 2. The SMILES string of the molecule is C=C(C)C1=CC(C(=O)OC)(C(=O)OC)C[C@H]([C@H](O)c2ccccc2)C1=C. The molecule has 0 spiro atoms. The van der Waals surface area contributed by atoms with Gasteiger partial charge in [0.15, 0.2) is 5.41 Å². The third-order valence-electron chi connectivity index (χ3n) is 4.81. The average molecular weight is 356 g/mol. The number of hydrogen-bond acceptors (Lipinski definition) is 5. The molecule has 2 atom stereocenters. The van der Waals surface area contributed by atoms with E-state index in [0.717, 1.165) is 0 Å². The monoisotopic (exact) mass is 356 g/mol. The van der Waals surface area contributed by atoms with Crippen molar-refractivity contribution in [2.75, 3.05) is 14.2 Å². The predicted molar refractivity (Wildman–Crippen MR) is 98.0 cm³/mol. The van der Waals surface area contributed by atoms with E-state index in [4.69, 9.17) is 9.47 Å². The van der Waals surface area contributed by atoms with Crippen molar-refractivity contribution in [3.05, 3.63) is 71.8 Å². The molecule has 1 aliphatic carbocycles. The van der Waals surface area contributed by atoms with Crippen molar-refractivity contribution in [2.45, 2.75) is 19.4 Å². The maximum absolute atomic E-state index is 12.6. The van der Waals surface area contributed by atoms with Crippen LogP contribution in [-0.2, 0) is 19.1 Å². The Hall–Kier alpha value is -2.66. The van der Waals surface area contributed by atoms with Gasteiger partial charge in [-0.1, -0.05) is 49.1 Å². The van der Waals surface area contributed by atoms with Crippen LogP contribution in [0.4, 0.5) is 0 Å². The van der Waals surface area contributed by atoms with Gasteiger partial charge in [-0.25, -0.2) is 0 Å². The smallest absolute Gasteiger partial charge is 0.327 e. The molecule has 5 nitrogen and oxygen atoms in total. The number of esters is 2. The van der Waals surface area contributed by atoms with Gasteiger partial charge in [-0.15, -0.1) is 0 Å². The first kappa shape index (κ1) is 19.7. The molecule has 0 amide bonds. The molecule has 0 saturated carbocycles. The Morgan fingerprint density at radius 2 is 1.73 bits per heavy atom. The summed E-state index contributed by atoms with van der Waals surface area (Å²) in [4.78, 5) is 25.1. The van der Waals surface area contributed by atoms with Crippen molar-refractivity contribution in [3.8, 4) is 0 Å². The largest absolute Gasteiger partial charge is 0.468 e. The molecular formula is C21H24O5. The molecule has 1 aromatic carbocycles. The number of methoxy groups -OCH3 is 2. The highest BCUT2D eigenvalue weighted by atomic mass is 16.5. The molecule has 2 rings (SSSR count). The second-order valence-corrected chi connectivity index (χ2v) is 6.48. The average Bonchev–Trinajstić information content (AvgIpc) is 2.66. The van der Waals surface area contributed by atoms with Crippen LogP contribution in [0.2, 0.25) is 0 Å². The summed E-state index contributed by atoms with van der Waals surface area (Å²) in [5.41, 5.74) is 0.839. The van der Waals surface area contributed by atoms with Gasteiger partial charge in [0.2, 0.25) is 0 Å². The summed E-state index contributed by atoms with van der Waals surface area (Å²) >= 11 is 0. The Bertz CT molecular complexity index is 744. The van der Waals surface area contributed by atoms with Crippen LogP contribution >= 0.6 is 0 Å². The van der Waals surface area contributed by atoms with Gasteiger partial charge >= 0.3 is 11.9 Å². The molecule has 0 unspecified atom stereocenters. The quantitative estimate of drug-likeness (QED) is 0.648. The first-order valence-corrected chi connectivity index (χ1v) is 8.26. The van der Waals surface area contributed by atoms with Gasteiger partial charge in [0.05, 0.1) is 20.3 Å². The van der Waals surface area contributed by atoms with Gasteiger partial charge in [-0.2, -0.15) is 0 Å². The third-order valence-corrected chi connectivity index (χ3v) is 4.81. The Balaban J connectivity index is 2.61. The fourth-order valence-corrected chi connectivity index (χ4v) is 3.38. The van der Waals surface area contributed by atoms with Gasteiger partial charge in [0.25, 0.3) is 0 Å². The second-order valence-electron chi connectivity index (χ2n) is 6.48. The first-order chi connectivity index (χ1) is 12.3. The van der Waals surface area contributed by atoms with Crippen LogP contribution < -0.4 is 0 Å². The van der Waals surface area contributed by atoms with Crippen LogP contribution in [0.15, 0.2) is 66.3 Å². The van der Waals surface area contributed by atoms with Crippen molar-refractivity contribution in [1.82, 2.24) is 0 Å². The molecule has 0 radical (unpaired) electrons. The molecule has 0 saturated heterocycles. The molecular weight excluding hydrogens is 332 g/mol. The summed E-state index contributed by atoms with van der Waals surface area (Å²) in [7, 11) is 2.43. The van der Waals surface area contributed by atoms with Crippen LogP contribution in [0.1, 0.15) is 25.0 Å². The van der Waals surface area contributed by atoms with Crippen molar-refractivity contribution >= 4 is 11.9 Å². The van der Waals surface area contributed by atoms with Crippen LogP contribution in [0.3, 0.4) is 0 Å². The van der Waals surface area contributed by atoms with Crippen molar-refractivity contribution in [1.29, 1.82) is 0 Å². The molecule has 0 bridgehead atoms. The van der Waals surface area contributed by atoms with E-state index in [9.17, 15) is 14.7 Å². The van der Waals surface area contributed by atoms with Crippen LogP contribution in [0, 0.1) is 11.3 Å². The van der Waals surface area contributed by atoms with Crippen LogP contribution in [-0.4, -0.2) is 31.3 Å². The zero-order chi connectivity index (χ0) is 19.5. The zero-order valence-corrected chi connectivity index (χ0v) is 15.3. The molecule has 0 aliphatic heterocycles. The lowest BCUT2D eigenvalue weighted by Crippen LogP contribution is -2.45.